The normalized spacial score (nSPS) is 31.5. The number of rotatable bonds is 12. The number of ketones is 2. The molecule has 0 aromatic rings. The van der Waals surface area contributed by atoms with Crippen LogP contribution in [0.25, 0.3) is 0 Å². The summed E-state index contributed by atoms with van der Waals surface area (Å²) in [5.41, 5.74) is 6.59. The van der Waals surface area contributed by atoms with Crippen molar-refractivity contribution in [3.63, 3.8) is 0 Å². The molecule has 4 N–H and O–H groups in total. The van der Waals surface area contributed by atoms with E-state index in [1.165, 1.54) is 38.5 Å². The van der Waals surface area contributed by atoms with E-state index in [2.05, 4.69) is 12.2 Å². The Morgan fingerprint density at radius 1 is 1.10 bits per heavy atom. The van der Waals surface area contributed by atoms with Crippen LogP contribution in [0.4, 0.5) is 0 Å². The third-order valence-electron chi connectivity index (χ3n) is 7.65. The van der Waals surface area contributed by atoms with E-state index in [-0.39, 0.29) is 36.0 Å². The van der Waals surface area contributed by atoms with Crippen molar-refractivity contribution in [1.82, 2.24) is 10.2 Å². The Labute approximate surface area is 185 Å². The van der Waals surface area contributed by atoms with Crippen molar-refractivity contribution >= 4 is 11.6 Å². The number of aliphatic hydroxyl groups excluding tert-OH is 1. The van der Waals surface area contributed by atoms with Gasteiger partial charge < -0.3 is 25.8 Å². The standard InChI is InChI=1S/C24H37N3O4/c1-3-4-5-6-7-8-9-10-11-12-15-19(25)22(30)18-16(14-28)24(31-2)23-17(26-23)13-27(24)20(18)21(15)29/h16-17,23,26,28H,3-14,25H2,1-2H3/t16-,17+,23+,24-/m1/s1. The maximum absolute atomic E-state index is 13.5. The number of piperazine rings is 1. The van der Waals surface area contributed by atoms with Gasteiger partial charge in [0, 0.05) is 30.8 Å². The minimum atomic E-state index is -0.872. The van der Waals surface area contributed by atoms with Crippen LogP contribution < -0.4 is 11.1 Å². The van der Waals surface area contributed by atoms with Crippen LogP contribution in [-0.4, -0.2) is 59.6 Å². The number of nitrogens with two attached hydrogens (primary N) is 1. The quantitative estimate of drug-likeness (QED) is 0.246. The third kappa shape index (κ3) is 3.55. The summed E-state index contributed by atoms with van der Waals surface area (Å²) in [4.78, 5) is 28.6. The second-order valence-electron chi connectivity index (χ2n) is 9.44. The number of nitrogens with one attached hydrogen (secondary N) is 1. The van der Waals surface area contributed by atoms with Gasteiger partial charge in [0.2, 0.25) is 11.6 Å². The highest BCUT2D eigenvalue weighted by atomic mass is 16.5. The summed E-state index contributed by atoms with van der Waals surface area (Å²) in [6.45, 7) is 2.58. The van der Waals surface area contributed by atoms with Crippen LogP contribution in [0.15, 0.2) is 22.5 Å². The van der Waals surface area contributed by atoms with E-state index < -0.39 is 11.6 Å². The summed E-state index contributed by atoms with van der Waals surface area (Å²) in [6.07, 6.45) is 11.3. The molecular weight excluding hydrogens is 394 g/mol. The van der Waals surface area contributed by atoms with E-state index >= 15 is 0 Å². The van der Waals surface area contributed by atoms with Gasteiger partial charge in [0.25, 0.3) is 0 Å². The highest BCUT2D eigenvalue weighted by molar-refractivity contribution is 6.25. The smallest absolute Gasteiger partial charge is 0.207 e. The number of carbonyl (C=O) groups excluding carboxylic acids is 2. The average Bonchev–Trinajstić information content (AvgIpc) is 3.38. The van der Waals surface area contributed by atoms with Crippen LogP contribution in [0.2, 0.25) is 0 Å². The second-order valence-corrected chi connectivity index (χ2v) is 9.44. The van der Waals surface area contributed by atoms with Crippen molar-refractivity contribution in [3.8, 4) is 0 Å². The Morgan fingerprint density at radius 2 is 1.74 bits per heavy atom. The first-order valence-electron chi connectivity index (χ1n) is 12.0. The summed E-state index contributed by atoms with van der Waals surface area (Å²) < 4.78 is 5.90. The van der Waals surface area contributed by atoms with Gasteiger partial charge in [-0.15, -0.1) is 0 Å². The molecule has 0 spiro atoms. The van der Waals surface area contributed by atoms with Crippen LogP contribution >= 0.6 is 0 Å². The molecule has 31 heavy (non-hydrogen) atoms. The minimum Gasteiger partial charge on any atom is -0.396 e. The topological polar surface area (TPSA) is 115 Å². The molecule has 0 aromatic heterocycles. The molecule has 7 nitrogen and oxygen atoms in total. The lowest BCUT2D eigenvalue weighted by Crippen LogP contribution is -2.54. The number of hydrogen-bond donors (Lipinski definition) is 3. The van der Waals surface area contributed by atoms with Crippen molar-refractivity contribution < 1.29 is 19.4 Å². The zero-order valence-electron chi connectivity index (χ0n) is 18.9. The number of aliphatic hydroxyl groups is 1. The summed E-state index contributed by atoms with van der Waals surface area (Å²) in [6, 6.07) is 0.248. The number of hydrogen-bond acceptors (Lipinski definition) is 7. The van der Waals surface area contributed by atoms with Crippen LogP contribution in [0.3, 0.4) is 0 Å². The first kappa shape index (κ1) is 22.5. The maximum atomic E-state index is 13.5. The zero-order chi connectivity index (χ0) is 22.2. The number of unbranched alkanes of at least 4 members (excludes halogenated alkanes) is 8. The Kier molecular flexibility index (Phi) is 6.56. The van der Waals surface area contributed by atoms with Gasteiger partial charge in [-0.1, -0.05) is 58.3 Å². The molecule has 0 bridgehead atoms. The summed E-state index contributed by atoms with van der Waals surface area (Å²) in [7, 11) is 1.59. The highest BCUT2D eigenvalue weighted by Gasteiger charge is 2.72. The predicted molar refractivity (Wildman–Crippen MR) is 118 cm³/mol. The Hall–Kier alpha value is -1.70. The van der Waals surface area contributed by atoms with Crippen molar-refractivity contribution in [2.75, 3.05) is 20.3 Å². The zero-order valence-corrected chi connectivity index (χ0v) is 18.9. The van der Waals surface area contributed by atoms with E-state index in [0.717, 1.165) is 19.3 Å². The van der Waals surface area contributed by atoms with Crippen molar-refractivity contribution in [1.29, 1.82) is 0 Å². The largest absolute Gasteiger partial charge is 0.396 e. The van der Waals surface area contributed by atoms with E-state index in [9.17, 15) is 14.7 Å². The molecule has 4 aliphatic rings. The second kappa shape index (κ2) is 9.04. The molecule has 0 radical (unpaired) electrons. The lowest BCUT2D eigenvalue weighted by atomic mass is 9.81. The summed E-state index contributed by atoms with van der Waals surface area (Å²) in [5.74, 6) is -1.02. The van der Waals surface area contributed by atoms with Gasteiger partial charge in [-0.05, 0) is 12.8 Å². The molecule has 4 rings (SSSR count). The lowest BCUT2D eigenvalue weighted by molar-refractivity contribution is -0.137. The monoisotopic (exact) mass is 431 g/mol. The SMILES string of the molecule is CCCCCCCCCCCC1=C(N)C(=O)C2=C(C1=O)N1C[C@@H]3N[C@@H]3[C@]1(OC)[C@@H]2CO. The van der Waals surface area contributed by atoms with Gasteiger partial charge in [-0.2, -0.15) is 0 Å². The predicted octanol–water partition coefficient (Wildman–Crippen LogP) is 2.15. The van der Waals surface area contributed by atoms with Gasteiger partial charge in [0.1, 0.15) is 0 Å². The first-order valence-corrected chi connectivity index (χ1v) is 12.0. The van der Waals surface area contributed by atoms with E-state index in [4.69, 9.17) is 10.5 Å². The number of allylic oxidation sites excluding steroid dienone is 2. The van der Waals surface area contributed by atoms with Crippen molar-refractivity contribution in [2.24, 2.45) is 11.7 Å². The van der Waals surface area contributed by atoms with Gasteiger partial charge in [-0.3, -0.25) is 9.59 Å². The molecule has 0 unspecified atom stereocenters. The number of carbonyl (C=O) groups is 2. The van der Waals surface area contributed by atoms with Crippen LogP contribution in [0.5, 0.6) is 0 Å². The number of fused-ring (bicyclic) bond motifs is 4. The molecule has 2 saturated heterocycles. The van der Waals surface area contributed by atoms with Crippen molar-refractivity contribution in [3.05, 3.63) is 22.5 Å². The fourth-order valence-corrected chi connectivity index (χ4v) is 5.96. The molecule has 2 fully saturated rings. The van der Waals surface area contributed by atoms with Crippen LogP contribution in [-0.2, 0) is 14.3 Å². The first-order chi connectivity index (χ1) is 15.0. The minimum absolute atomic E-state index is 0.0165. The molecule has 0 saturated carbocycles. The molecule has 172 valence electrons. The Morgan fingerprint density at radius 3 is 2.35 bits per heavy atom. The fourth-order valence-electron chi connectivity index (χ4n) is 5.96. The van der Waals surface area contributed by atoms with Crippen LogP contribution in [0.1, 0.15) is 71.1 Å². The van der Waals surface area contributed by atoms with Gasteiger partial charge in [-0.25, -0.2) is 0 Å². The van der Waals surface area contributed by atoms with Gasteiger partial charge in [0.15, 0.2) is 5.72 Å². The van der Waals surface area contributed by atoms with Gasteiger partial charge in [0.05, 0.1) is 30.0 Å². The molecule has 7 heteroatoms. The Balaban J connectivity index is 1.39. The highest BCUT2D eigenvalue weighted by Crippen LogP contribution is 2.55. The number of nitrogens with zero attached hydrogens (tertiary/aromatic N) is 1. The fraction of sp³-hybridized carbons (Fsp3) is 0.750. The summed E-state index contributed by atoms with van der Waals surface area (Å²) in [5, 5.41) is 13.5. The van der Waals surface area contributed by atoms with E-state index in [0.29, 0.717) is 29.8 Å². The average molecular weight is 432 g/mol. The van der Waals surface area contributed by atoms with Crippen LogP contribution in [0, 0.1) is 5.92 Å². The Bertz CT molecular complexity index is 805. The summed E-state index contributed by atoms with van der Waals surface area (Å²) >= 11 is 0. The molecule has 3 heterocycles. The molecular formula is C24H37N3O4. The molecule has 1 aliphatic carbocycles. The van der Waals surface area contributed by atoms with Gasteiger partial charge >= 0.3 is 0 Å². The molecule has 4 atom stereocenters. The molecule has 0 aromatic carbocycles. The molecule has 0 amide bonds. The maximum Gasteiger partial charge on any atom is 0.207 e. The number of ether oxygens (including phenoxy) is 1. The van der Waals surface area contributed by atoms with E-state index in [1.54, 1.807) is 7.11 Å². The lowest BCUT2D eigenvalue weighted by Gasteiger charge is -2.39. The van der Waals surface area contributed by atoms with E-state index in [1.807, 2.05) is 4.90 Å². The van der Waals surface area contributed by atoms with Crippen molar-refractivity contribution in [2.45, 2.75) is 88.9 Å². The third-order valence-corrected chi connectivity index (χ3v) is 7.65. The molecule has 3 aliphatic heterocycles. The number of methoxy groups -OCH3 is 1. The number of Topliss-reactive ketones (excluding diaryl/α,β-unsaturated/α-hetero) is 2.